The highest BCUT2D eigenvalue weighted by Crippen LogP contribution is 2.37. The second-order valence-electron chi connectivity index (χ2n) is 7.81. The molecule has 1 aliphatic heterocycles. The fourth-order valence-electron chi connectivity index (χ4n) is 3.46. The molecule has 0 saturated carbocycles. The van der Waals surface area contributed by atoms with E-state index in [0.29, 0.717) is 34.3 Å². The van der Waals surface area contributed by atoms with Crippen LogP contribution in [0.25, 0.3) is 6.08 Å². The number of rotatable bonds is 7. The van der Waals surface area contributed by atoms with Crippen LogP contribution in [0.15, 0.2) is 66.4 Å². The van der Waals surface area contributed by atoms with E-state index in [1.165, 1.54) is 37.5 Å². The van der Waals surface area contributed by atoms with Gasteiger partial charge in [-0.25, -0.2) is 9.18 Å². The molecule has 1 aliphatic rings. The number of nitrogens with one attached hydrogen (secondary N) is 1. The Morgan fingerprint density at radius 1 is 1.03 bits per heavy atom. The van der Waals surface area contributed by atoms with Gasteiger partial charge >= 0.3 is 6.03 Å². The zero-order chi connectivity index (χ0) is 24.2. The number of hydrogen-bond donors (Lipinski definition) is 1. The first kappa shape index (κ1) is 23.3. The molecule has 6 nitrogen and oxygen atoms in total. The first-order valence-corrected chi connectivity index (χ1v) is 10.9. The molecule has 0 aliphatic carbocycles. The smallest absolute Gasteiger partial charge is 0.329 e. The highest BCUT2D eigenvalue weighted by atomic mass is 35.5. The molecule has 1 N–H and O–H groups in total. The van der Waals surface area contributed by atoms with Gasteiger partial charge in [-0.3, -0.25) is 9.69 Å². The lowest BCUT2D eigenvalue weighted by Gasteiger charge is -2.14. The molecule has 0 atom stereocenters. The van der Waals surface area contributed by atoms with Gasteiger partial charge in [-0.15, -0.1) is 0 Å². The van der Waals surface area contributed by atoms with Crippen molar-refractivity contribution >= 4 is 29.6 Å². The van der Waals surface area contributed by atoms with Crippen molar-refractivity contribution < 1.29 is 23.5 Å². The topological polar surface area (TPSA) is 67.9 Å². The SMILES string of the molecule is COc1cc(/C=C2/NC(=O)N(Cc3ccc(F)cc3)C2=O)cc(Cl)c1OCc1ccc(C)cc1. The average molecular weight is 481 g/mol. The van der Waals surface area contributed by atoms with Gasteiger partial charge in [0.25, 0.3) is 5.91 Å². The summed E-state index contributed by atoms with van der Waals surface area (Å²) in [4.78, 5) is 26.2. The van der Waals surface area contributed by atoms with Crippen LogP contribution in [0.4, 0.5) is 9.18 Å². The number of carbonyl (C=O) groups is 2. The minimum Gasteiger partial charge on any atom is -0.493 e. The predicted octanol–water partition coefficient (Wildman–Crippen LogP) is 5.47. The normalized spacial score (nSPS) is 14.5. The van der Waals surface area contributed by atoms with Crippen LogP contribution in [-0.2, 0) is 17.9 Å². The lowest BCUT2D eigenvalue weighted by molar-refractivity contribution is -0.123. The fraction of sp³-hybridized carbons (Fsp3) is 0.154. The molecular formula is C26H22ClFN2O4. The Labute approximate surface area is 201 Å². The van der Waals surface area contributed by atoms with Crippen LogP contribution in [0.5, 0.6) is 11.5 Å². The first-order valence-electron chi connectivity index (χ1n) is 10.5. The zero-order valence-corrected chi connectivity index (χ0v) is 19.4. The molecule has 0 aromatic heterocycles. The van der Waals surface area contributed by atoms with Gasteiger partial charge in [-0.2, -0.15) is 0 Å². The number of nitrogens with zero attached hydrogens (tertiary/aromatic N) is 1. The first-order chi connectivity index (χ1) is 16.3. The molecule has 3 aromatic rings. The van der Waals surface area contributed by atoms with E-state index in [0.717, 1.165) is 16.0 Å². The molecule has 0 bridgehead atoms. The molecule has 4 rings (SSSR count). The highest BCUT2D eigenvalue weighted by Gasteiger charge is 2.33. The van der Waals surface area contributed by atoms with Gasteiger partial charge in [0.2, 0.25) is 0 Å². The third kappa shape index (κ3) is 5.21. The third-order valence-corrected chi connectivity index (χ3v) is 5.56. The van der Waals surface area contributed by atoms with Crippen molar-refractivity contribution in [2.24, 2.45) is 0 Å². The number of ether oxygens (including phenoxy) is 2. The van der Waals surface area contributed by atoms with E-state index in [9.17, 15) is 14.0 Å². The van der Waals surface area contributed by atoms with E-state index >= 15 is 0 Å². The molecular weight excluding hydrogens is 459 g/mol. The summed E-state index contributed by atoms with van der Waals surface area (Å²) in [5.41, 5.74) is 3.42. The number of halogens is 2. The number of hydrogen-bond acceptors (Lipinski definition) is 4. The van der Waals surface area contributed by atoms with E-state index in [4.69, 9.17) is 21.1 Å². The Bertz CT molecular complexity index is 1260. The highest BCUT2D eigenvalue weighted by molar-refractivity contribution is 6.32. The van der Waals surface area contributed by atoms with E-state index in [2.05, 4.69) is 5.32 Å². The fourth-order valence-corrected chi connectivity index (χ4v) is 3.73. The summed E-state index contributed by atoms with van der Waals surface area (Å²) >= 11 is 6.46. The Kier molecular flexibility index (Phi) is 6.84. The van der Waals surface area contributed by atoms with Crippen molar-refractivity contribution in [1.29, 1.82) is 0 Å². The molecule has 1 fully saturated rings. The second-order valence-corrected chi connectivity index (χ2v) is 8.22. The van der Waals surface area contributed by atoms with Gasteiger partial charge in [0.15, 0.2) is 11.5 Å². The lowest BCUT2D eigenvalue weighted by Crippen LogP contribution is -2.30. The van der Waals surface area contributed by atoms with Gasteiger partial charge in [0, 0.05) is 0 Å². The number of imide groups is 1. The van der Waals surface area contributed by atoms with Crippen LogP contribution in [0.1, 0.15) is 22.3 Å². The average Bonchev–Trinajstić information content (AvgIpc) is 3.07. The number of amides is 3. The minimum absolute atomic E-state index is 0.0259. The molecule has 3 aromatic carbocycles. The molecule has 34 heavy (non-hydrogen) atoms. The van der Waals surface area contributed by atoms with Crippen molar-refractivity contribution in [2.45, 2.75) is 20.1 Å². The van der Waals surface area contributed by atoms with Crippen molar-refractivity contribution in [1.82, 2.24) is 10.2 Å². The van der Waals surface area contributed by atoms with Crippen LogP contribution in [0.3, 0.4) is 0 Å². The van der Waals surface area contributed by atoms with E-state index in [-0.39, 0.29) is 12.2 Å². The molecule has 0 radical (unpaired) electrons. The minimum atomic E-state index is -0.559. The van der Waals surface area contributed by atoms with Crippen LogP contribution in [-0.4, -0.2) is 23.9 Å². The van der Waals surface area contributed by atoms with Crippen LogP contribution in [0.2, 0.25) is 5.02 Å². The molecule has 1 saturated heterocycles. The molecule has 8 heteroatoms. The van der Waals surface area contributed by atoms with Gasteiger partial charge < -0.3 is 14.8 Å². The summed E-state index contributed by atoms with van der Waals surface area (Å²) in [5, 5.41) is 2.87. The zero-order valence-electron chi connectivity index (χ0n) is 18.6. The van der Waals surface area contributed by atoms with E-state index in [1.807, 2.05) is 31.2 Å². The monoisotopic (exact) mass is 480 g/mol. The van der Waals surface area contributed by atoms with Gasteiger partial charge in [-0.1, -0.05) is 53.6 Å². The maximum atomic E-state index is 13.1. The Balaban J connectivity index is 1.52. The molecule has 0 unspecified atom stereocenters. The van der Waals surface area contributed by atoms with Crippen LogP contribution >= 0.6 is 11.6 Å². The summed E-state index contributed by atoms with van der Waals surface area (Å²) in [6.45, 7) is 2.35. The standard InChI is InChI=1S/C26H22ClFN2O4/c1-16-3-5-18(6-4-16)15-34-24-21(27)11-19(13-23(24)33-2)12-22-25(31)30(26(32)29-22)14-17-7-9-20(28)10-8-17/h3-13H,14-15H2,1-2H3,(H,29,32)/b22-12+. The van der Waals surface area contributed by atoms with Gasteiger partial charge in [0.05, 0.1) is 18.7 Å². The lowest BCUT2D eigenvalue weighted by atomic mass is 10.1. The van der Waals surface area contributed by atoms with Crippen LogP contribution in [0, 0.1) is 12.7 Å². The Morgan fingerprint density at radius 2 is 1.71 bits per heavy atom. The maximum Gasteiger partial charge on any atom is 0.329 e. The second kappa shape index (κ2) is 9.97. The summed E-state index contributed by atoms with van der Waals surface area (Å²) in [6.07, 6.45) is 1.52. The Hall–Kier alpha value is -3.84. The molecule has 0 spiro atoms. The number of aryl methyl sites for hydroxylation is 1. The summed E-state index contributed by atoms with van der Waals surface area (Å²) in [5.74, 6) is -0.110. The van der Waals surface area contributed by atoms with Crippen LogP contribution < -0.4 is 14.8 Å². The van der Waals surface area contributed by atoms with Crippen molar-refractivity contribution in [3.8, 4) is 11.5 Å². The van der Waals surface area contributed by atoms with Crippen molar-refractivity contribution in [2.75, 3.05) is 7.11 Å². The molecule has 3 amide bonds. The largest absolute Gasteiger partial charge is 0.493 e. The number of carbonyl (C=O) groups excluding carboxylic acids is 2. The van der Waals surface area contributed by atoms with E-state index < -0.39 is 17.8 Å². The summed E-state index contributed by atoms with van der Waals surface area (Å²) in [6, 6.07) is 16.3. The Morgan fingerprint density at radius 3 is 2.38 bits per heavy atom. The quantitative estimate of drug-likeness (QED) is 0.360. The third-order valence-electron chi connectivity index (χ3n) is 5.28. The number of methoxy groups -OCH3 is 1. The molecule has 1 heterocycles. The summed E-state index contributed by atoms with van der Waals surface area (Å²) < 4.78 is 24.5. The summed E-state index contributed by atoms with van der Waals surface area (Å²) in [7, 11) is 1.49. The van der Waals surface area contributed by atoms with Crippen molar-refractivity contribution in [3.63, 3.8) is 0 Å². The number of urea groups is 1. The van der Waals surface area contributed by atoms with Gasteiger partial charge in [0.1, 0.15) is 18.1 Å². The van der Waals surface area contributed by atoms with Crippen molar-refractivity contribution in [3.05, 3.63) is 99.5 Å². The number of benzene rings is 3. The predicted molar refractivity (Wildman–Crippen MR) is 127 cm³/mol. The maximum absolute atomic E-state index is 13.1. The van der Waals surface area contributed by atoms with E-state index in [1.54, 1.807) is 12.1 Å². The molecule has 174 valence electrons. The van der Waals surface area contributed by atoms with Gasteiger partial charge in [-0.05, 0) is 54.0 Å².